The van der Waals surface area contributed by atoms with Gasteiger partial charge in [-0.1, -0.05) is 6.07 Å². The van der Waals surface area contributed by atoms with Crippen molar-refractivity contribution < 1.29 is 9.59 Å². The van der Waals surface area contributed by atoms with Gasteiger partial charge in [0.2, 0.25) is 0 Å². The molecule has 1 saturated heterocycles. The van der Waals surface area contributed by atoms with E-state index in [0.717, 1.165) is 25.8 Å². The highest BCUT2D eigenvalue weighted by molar-refractivity contribution is 6.12. The fourth-order valence-electron chi connectivity index (χ4n) is 3.77. The van der Waals surface area contributed by atoms with E-state index in [9.17, 15) is 14.4 Å². The van der Waals surface area contributed by atoms with Gasteiger partial charge < -0.3 is 15.2 Å². The standard InChI is InChI=1S/C22H22N4O3/c1-14-5-2-3-12-26(14)22(29)15-8-10-16(11-9-15)25-20(27)17-6-4-7-18-19(17)21(28)24-13-23-18/h4,6-11,13-14H,2-3,5,12H2,1H3,(H,25,27)(H,23,24,28). The first-order valence-corrected chi connectivity index (χ1v) is 9.73. The van der Waals surface area contributed by atoms with Crippen LogP contribution in [0.4, 0.5) is 5.69 Å². The number of nitrogens with zero attached hydrogens (tertiary/aromatic N) is 2. The summed E-state index contributed by atoms with van der Waals surface area (Å²) >= 11 is 0. The SMILES string of the molecule is CC1CCCCN1C(=O)c1ccc(NC(=O)c2cccc3nc[nH]c(=O)c23)cc1. The number of likely N-dealkylation sites (tertiary alicyclic amines) is 1. The third-order valence-corrected chi connectivity index (χ3v) is 5.37. The number of H-pyrrole nitrogens is 1. The van der Waals surface area contributed by atoms with Crippen LogP contribution in [0.2, 0.25) is 0 Å². The number of nitrogens with one attached hydrogen (secondary N) is 2. The molecule has 1 aliphatic rings. The maximum atomic E-state index is 12.7. The molecule has 0 aliphatic carbocycles. The highest BCUT2D eigenvalue weighted by atomic mass is 16.2. The van der Waals surface area contributed by atoms with Crippen molar-refractivity contribution in [2.24, 2.45) is 0 Å². The van der Waals surface area contributed by atoms with E-state index in [-0.39, 0.29) is 28.5 Å². The lowest BCUT2D eigenvalue weighted by Crippen LogP contribution is -2.42. The van der Waals surface area contributed by atoms with Gasteiger partial charge in [-0.3, -0.25) is 14.4 Å². The van der Waals surface area contributed by atoms with Crippen molar-refractivity contribution >= 4 is 28.4 Å². The van der Waals surface area contributed by atoms with Gasteiger partial charge in [0.15, 0.2) is 0 Å². The third-order valence-electron chi connectivity index (χ3n) is 5.37. The van der Waals surface area contributed by atoms with Crippen LogP contribution >= 0.6 is 0 Å². The Labute approximate surface area is 167 Å². The molecule has 1 aliphatic heterocycles. The number of rotatable bonds is 3. The van der Waals surface area contributed by atoms with E-state index in [0.29, 0.717) is 16.8 Å². The molecule has 2 N–H and O–H groups in total. The fraction of sp³-hybridized carbons (Fsp3) is 0.273. The number of aromatic nitrogens is 2. The van der Waals surface area contributed by atoms with Gasteiger partial charge in [-0.2, -0.15) is 0 Å². The van der Waals surface area contributed by atoms with E-state index in [2.05, 4.69) is 22.2 Å². The van der Waals surface area contributed by atoms with Crippen LogP contribution in [0.3, 0.4) is 0 Å². The largest absolute Gasteiger partial charge is 0.336 e. The quantitative estimate of drug-likeness (QED) is 0.718. The summed E-state index contributed by atoms with van der Waals surface area (Å²) in [6, 6.07) is 12.0. The maximum absolute atomic E-state index is 12.7. The number of hydrogen-bond acceptors (Lipinski definition) is 4. The van der Waals surface area contributed by atoms with E-state index in [1.807, 2.05) is 4.90 Å². The van der Waals surface area contributed by atoms with Gasteiger partial charge in [0.1, 0.15) is 0 Å². The summed E-state index contributed by atoms with van der Waals surface area (Å²) < 4.78 is 0. The van der Waals surface area contributed by atoms with Crippen molar-refractivity contribution in [1.29, 1.82) is 0 Å². The molecule has 7 heteroatoms. The molecule has 29 heavy (non-hydrogen) atoms. The van der Waals surface area contributed by atoms with Gasteiger partial charge in [0.05, 0.1) is 22.8 Å². The van der Waals surface area contributed by atoms with Crippen LogP contribution in [0.5, 0.6) is 0 Å². The van der Waals surface area contributed by atoms with Crippen molar-refractivity contribution in [3.63, 3.8) is 0 Å². The predicted octanol–water partition coefficient (Wildman–Crippen LogP) is 3.19. The minimum Gasteiger partial charge on any atom is -0.336 e. The van der Waals surface area contributed by atoms with Crippen LogP contribution in [-0.4, -0.2) is 39.3 Å². The Bertz CT molecular complexity index is 1120. The first-order chi connectivity index (χ1) is 14.0. The van der Waals surface area contributed by atoms with Gasteiger partial charge in [-0.05, 0) is 62.6 Å². The molecular formula is C22H22N4O3. The van der Waals surface area contributed by atoms with E-state index in [4.69, 9.17) is 0 Å². The van der Waals surface area contributed by atoms with Crippen molar-refractivity contribution in [3.05, 3.63) is 70.3 Å². The van der Waals surface area contributed by atoms with Crippen molar-refractivity contribution in [2.75, 3.05) is 11.9 Å². The Morgan fingerprint density at radius 3 is 2.69 bits per heavy atom. The Balaban J connectivity index is 1.53. The maximum Gasteiger partial charge on any atom is 0.259 e. The molecule has 1 unspecified atom stereocenters. The molecule has 148 valence electrons. The van der Waals surface area contributed by atoms with Gasteiger partial charge in [-0.25, -0.2) is 4.98 Å². The smallest absolute Gasteiger partial charge is 0.259 e. The molecule has 3 aromatic rings. The lowest BCUT2D eigenvalue weighted by atomic mass is 10.0. The van der Waals surface area contributed by atoms with Crippen LogP contribution in [0, 0.1) is 0 Å². The number of anilines is 1. The number of fused-ring (bicyclic) bond motifs is 1. The van der Waals surface area contributed by atoms with E-state index in [1.54, 1.807) is 42.5 Å². The Morgan fingerprint density at radius 2 is 1.93 bits per heavy atom. The second-order valence-corrected chi connectivity index (χ2v) is 7.31. The molecule has 0 saturated carbocycles. The zero-order valence-corrected chi connectivity index (χ0v) is 16.1. The lowest BCUT2D eigenvalue weighted by Gasteiger charge is -2.33. The molecule has 0 spiro atoms. The Morgan fingerprint density at radius 1 is 1.14 bits per heavy atom. The second-order valence-electron chi connectivity index (χ2n) is 7.31. The van der Waals surface area contributed by atoms with Gasteiger partial charge in [-0.15, -0.1) is 0 Å². The number of hydrogen-bond donors (Lipinski definition) is 2. The average Bonchev–Trinajstić information content (AvgIpc) is 2.74. The first-order valence-electron chi connectivity index (χ1n) is 9.73. The van der Waals surface area contributed by atoms with Crippen LogP contribution in [0.1, 0.15) is 46.9 Å². The molecule has 4 rings (SSSR count). The Kier molecular flexibility index (Phi) is 5.12. The van der Waals surface area contributed by atoms with Gasteiger partial charge in [0.25, 0.3) is 17.4 Å². The summed E-state index contributed by atoms with van der Waals surface area (Å²) in [5.74, 6) is -0.389. The molecule has 2 aromatic carbocycles. The summed E-state index contributed by atoms with van der Waals surface area (Å²) in [6.45, 7) is 2.86. The summed E-state index contributed by atoms with van der Waals surface area (Å²) in [7, 11) is 0. The number of carbonyl (C=O) groups is 2. The van der Waals surface area contributed by atoms with E-state index < -0.39 is 5.91 Å². The number of amides is 2. The predicted molar refractivity (Wildman–Crippen MR) is 111 cm³/mol. The normalized spacial score (nSPS) is 16.6. The van der Waals surface area contributed by atoms with Crippen LogP contribution in [0.15, 0.2) is 53.6 Å². The molecule has 0 bridgehead atoms. The van der Waals surface area contributed by atoms with Crippen LogP contribution in [0.25, 0.3) is 10.9 Å². The topological polar surface area (TPSA) is 95.2 Å². The van der Waals surface area contributed by atoms with Crippen LogP contribution < -0.4 is 10.9 Å². The molecule has 2 heterocycles. The summed E-state index contributed by atoms with van der Waals surface area (Å²) in [4.78, 5) is 46.1. The van der Waals surface area contributed by atoms with E-state index >= 15 is 0 Å². The van der Waals surface area contributed by atoms with Crippen molar-refractivity contribution in [3.8, 4) is 0 Å². The number of benzene rings is 2. The fourth-order valence-corrected chi connectivity index (χ4v) is 3.77. The van der Waals surface area contributed by atoms with Gasteiger partial charge in [0, 0.05) is 23.8 Å². The highest BCUT2D eigenvalue weighted by Gasteiger charge is 2.24. The molecule has 7 nitrogen and oxygen atoms in total. The highest BCUT2D eigenvalue weighted by Crippen LogP contribution is 2.21. The molecule has 0 radical (unpaired) electrons. The minimum atomic E-state index is -0.405. The van der Waals surface area contributed by atoms with Gasteiger partial charge >= 0.3 is 0 Å². The molecule has 1 aromatic heterocycles. The number of carbonyl (C=O) groups excluding carboxylic acids is 2. The minimum absolute atomic E-state index is 0.0155. The summed E-state index contributed by atoms with van der Waals surface area (Å²) in [6.07, 6.45) is 4.52. The zero-order valence-electron chi connectivity index (χ0n) is 16.1. The van der Waals surface area contributed by atoms with Crippen LogP contribution in [-0.2, 0) is 0 Å². The molecule has 1 atom stereocenters. The number of piperidine rings is 1. The van der Waals surface area contributed by atoms with Crippen molar-refractivity contribution in [1.82, 2.24) is 14.9 Å². The zero-order chi connectivity index (χ0) is 20.4. The number of aromatic amines is 1. The molecule has 1 fully saturated rings. The summed E-state index contributed by atoms with van der Waals surface area (Å²) in [5, 5.41) is 3.04. The first kappa shape index (κ1) is 18.9. The molecular weight excluding hydrogens is 368 g/mol. The second kappa shape index (κ2) is 7.87. The monoisotopic (exact) mass is 390 g/mol. The third kappa shape index (κ3) is 3.76. The molecule has 2 amide bonds. The summed E-state index contributed by atoms with van der Waals surface area (Å²) in [5.41, 5.74) is 1.49. The van der Waals surface area contributed by atoms with Crippen molar-refractivity contribution in [2.45, 2.75) is 32.2 Å². The Hall–Kier alpha value is -3.48. The average molecular weight is 390 g/mol. The van der Waals surface area contributed by atoms with E-state index in [1.165, 1.54) is 6.33 Å². The lowest BCUT2D eigenvalue weighted by molar-refractivity contribution is 0.0635.